The molecule has 4 nitrogen and oxygen atoms in total. The standard InChI is InChI=1S/C14H21FN2O2S/c1-17(14-7-4-5-12(15)11-14)20(18,19)10-8-13-6-2-3-9-16-13/h4-5,7,11,13,16H,2-3,6,8-10H2,1H3. The van der Waals surface area contributed by atoms with Crippen LogP contribution in [0, 0.1) is 5.82 Å². The molecule has 6 heteroatoms. The van der Waals surface area contributed by atoms with Crippen LogP contribution < -0.4 is 9.62 Å². The van der Waals surface area contributed by atoms with E-state index in [2.05, 4.69) is 5.32 Å². The SMILES string of the molecule is CN(c1cccc(F)c1)S(=O)(=O)CCC1CCCCN1. The molecule has 0 amide bonds. The van der Waals surface area contributed by atoms with Crippen molar-refractivity contribution in [2.24, 2.45) is 0 Å². The fraction of sp³-hybridized carbons (Fsp3) is 0.571. The summed E-state index contributed by atoms with van der Waals surface area (Å²) in [4.78, 5) is 0. The van der Waals surface area contributed by atoms with E-state index in [1.165, 1.54) is 29.6 Å². The molecule has 0 bridgehead atoms. The molecule has 2 rings (SSSR count). The van der Waals surface area contributed by atoms with Crippen LogP contribution in [0.4, 0.5) is 10.1 Å². The summed E-state index contributed by atoms with van der Waals surface area (Å²) in [5.41, 5.74) is 0.363. The Balaban J connectivity index is 1.98. The van der Waals surface area contributed by atoms with Gasteiger partial charge in [-0.2, -0.15) is 0 Å². The molecule has 1 aliphatic rings. The van der Waals surface area contributed by atoms with E-state index in [0.29, 0.717) is 12.1 Å². The van der Waals surface area contributed by atoms with Gasteiger partial charge in [0.25, 0.3) is 0 Å². The lowest BCUT2D eigenvalue weighted by molar-refractivity contribution is 0.392. The van der Waals surface area contributed by atoms with E-state index < -0.39 is 15.8 Å². The first-order chi connectivity index (χ1) is 9.49. The van der Waals surface area contributed by atoms with Crippen molar-refractivity contribution in [1.29, 1.82) is 0 Å². The van der Waals surface area contributed by atoms with Crippen LogP contribution >= 0.6 is 0 Å². The van der Waals surface area contributed by atoms with Crippen molar-refractivity contribution in [3.05, 3.63) is 30.1 Å². The molecular weight excluding hydrogens is 279 g/mol. The molecule has 1 unspecified atom stereocenters. The Bertz CT molecular complexity index is 542. The highest BCUT2D eigenvalue weighted by molar-refractivity contribution is 7.92. The van der Waals surface area contributed by atoms with E-state index in [1.807, 2.05) is 0 Å². The monoisotopic (exact) mass is 300 g/mol. The summed E-state index contributed by atoms with van der Waals surface area (Å²) in [5, 5.41) is 3.34. The van der Waals surface area contributed by atoms with Crippen molar-refractivity contribution in [2.45, 2.75) is 31.7 Å². The molecule has 0 aromatic heterocycles. The molecule has 0 spiro atoms. The average Bonchev–Trinajstić information content (AvgIpc) is 2.45. The normalized spacial score (nSPS) is 19.8. The minimum atomic E-state index is -3.40. The predicted octanol–water partition coefficient (Wildman–Crippen LogP) is 2.12. The average molecular weight is 300 g/mol. The van der Waals surface area contributed by atoms with Crippen molar-refractivity contribution in [1.82, 2.24) is 5.32 Å². The molecular formula is C14H21FN2O2S. The highest BCUT2D eigenvalue weighted by Crippen LogP contribution is 2.19. The van der Waals surface area contributed by atoms with E-state index in [4.69, 9.17) is 0 Å². The second-order valence-electron chi connectivity index (χ2n) is 5.20. The number of sulfonamides is 1. The van der Waals surface area contributed by atoms with E-state index >= 15 is 0 Å². The molecule has 0 radical (unpaired) electrons. The van der Waals surface area contributed by atoms with Gasteiger partial charge in [-0.05, 0) is 44.0 Å². The molecule has 1 saturated heterocycles. The zero-order valence-corrected chi connectivity index (χ0v) is 12.5. The summed E-state index contributed by atoms with van der Waals surface area (Å²) in [7, 11) is -1.93. The zero-order chi connectivity index (χ0) is 14.6. The van der Waals surface area contributed by atoms with Gasteiger partial charge in [0.2, 0.25) is 10.0 Å². The third-order valence-corrected chi connectivity index (χ3v) is 5.52. The molecule has 1 atom stereocenters. The lowest BCUT2D eigenvalue weighted by atomic mass is 10.0. The van der Waals surface area contributed by atoms with Crippen LogP contribution in [0.2, 0.25) is 0 Å². The van der Waals surface area contributed by atoms with Crippen LogP contribution in [0.5, 0.6) is 0 Å². The molecule has 1 aromatic carbocycles. The Morgan fingerprint density at radius 3 is 2.85 bits per heavy atom. The molecule has 0 saturated carbocycles. The fourth-order valence-corrected chi connectivity index (χ4v) is 3.72. The molecule has 0 aliphatic carbocycles. The number of nitrogens with one attached hydrogen (secondary N) is 1. The number of nitrogens with zero attached hydrogens (tertiary/aromatic N) is 1. The van der Waals surface area contributed by atoms with Gasteiger partial charge >= 0.3 is 0 Å². The van der Waals surface area contributed by atoms with E-state index in [1.54, 1.807) is 6.07 Å². The first kappa shape index (κ1) is 15.3. The van der Waals surface area contributed by atoms with Gasteiger partial charge in [0, 0.05) is 13.1 Å². The number of hydrogen-bond donors (Lipinski definition) is 1. The molecule has 20 heavy (non-hydrogen) atoms. The van der Waals surface area contributed by atoms with Gasteiger partial charge in [-0.3, -0.25) is 4.31 Å². The maximum atomic E-state index is 13.2. The largest absolute Gasteiger partial charge is 0.314 e. The summed E-state index contributed by atoms with van der Waals surface area (Å²) in [6, 6.07) is 5.92. The first-order valence-corrected chi connectivity index (χ1v) is 8.55. The maximum absolute atomic E-state index is 13.2. The third kappa shape index (κ3) is 3.93. The number of anilines is 1. The number of piperidine rings is 1. The van der Waals surface area contributed by atoms with E-state index in [0.717, 1.165) is 25.8 Å². The van der Waals surface area contributed by atoms with Crippen molar-refractivity contribution >= 4 is 15.7 Å². The number of hydrogen-bond acceptors (Lipinski definition) is 3. The third-order valence-electron chi connectivity index (χ3n) is 3.73. The summed E-state index contributed by atoms with van der Waals surface area (Å²) in [6.45, 7) is 0.963. The van der Waals surface area contributed by atoms with Gasteiger partial charge in [0.1, 0.15) is 5.82 Å². The van der Waals surface area contributed by atoms with Crippen molar-refractivity contribution in [3.8, 4) is 0 Å². The van der Waals surface area contributed by atoms with Gasteiger partial charge in [0.05, 0.1) is 11.4 Å². The summed E-state index contributed by atoms with van der Waals surface area (Å²) in [6.07, 6.45) is 3.94. The van der Waals surface area contributed by atoms with Gasteiger partial charge in [-0.1, -0.05) is 12.5 Å². The Hall–Kier alpha value is -1.14. The van der Waals surface area contributed by atoms with Crippen LogP contribution in [0.1, 0.15) is 25.7 Å². The van der Waals surface area contributed by atoms with E-state index in [-0.39, 0.29) is 11.8 Å². The van der Waals surface area contributed by atoms with Crippen molar-refractivity contribution in [2.75, 3.05) is 23.7 Å². The van der Waals surface area contributed by atoms with E-state index in [9.17, 15) is 12.8 Å². The Labute approximate surface area is 120 Å². The maximum Gasteiger partial charge on any atom is 0.234 e. The highest BCUT2D eigenvalue weighted by Gasteiger charge is 2.21. The predicted molar refractivity (Wildman–Crippen MR) is 78.8 cm³/mol. The van der Waals surface area contributed by atoms with Gasteiger partial charge < -0.3 is 5.32 Å². The molecule has 1 aromatic rings. The minimum Gasteiger partial charge on any atom is -0.314 e. The van der Waals surface area contributed by atoms with Crippen LogP contribution in [0.3, 0.4) is 0 Å². The summed E-state index contributed by atoms with van der Waals surface area (Å²) < 4.78 is 38.8. The topological polar surface area (TPSA) is 49.4 Å². The highest BCUT2D eigenvalue weighted by atomic mass is 32.2. The lowest BCUT2D eigenvalue weighted by Crippen LogP contribution is -2.37. The molecule has 112 valence electrons. The smallest absolute Gasteiger partial charge is 0.234 e. The number of rotatable bonds is 5. The van der Waals surface area contributed by atoms with Crippen molar-refractivity contribution < 1.29 is 12.8 Å². The molecule has 1 heterocycles. The van der Waals surface area contributed by atoms with Crippen LogP contribution in [0.15, 0.2) is 24.3 Å². The van der Waals surface area contributed by atoms with Gasteiger partial charge in [0.15, 0.2) is 0 Å². The first-order valence-electron chi connectivity index (χ1n) is 6.94. The quantitative estimate of drug-likeness (QED) is 0.906. The van der Waals surface area contributed by atoms with Crippen LogP contribution in [-0.2, 0) is 10.0 Å². The minimum absolute atomic E-state index is 0.0810. The van der Waals surface area contributed by atoms with Crippen LogP contribution in [0.25, 0.3) is 0 Å². The molecule has 1 aliphatic heterocycles. The Morgan fingerprint density at radius 2 is 2.20 bits per heavy atom. The van der Waals surface area contributed by atoms with Gasteiger partial charge in [-0.15, -0.1) is 0 Å². The molecule has 1 N–H and O–H groups in total. The number of benzene rings is 1. The van der Waals surface area contributed by atoms with Crippen LogP contribution in [-0.4, -0.2) is 33.8 Å². The fourth-order valence-electron chi connectivity index (χ4n) is 2.43. The van der Waals surface area contributed by atoms with Gasteiger partial charge in [-0.25, -0.2) is 12.8 Å². The van der Waals surface area contributed by atoms with Crippen molar-refractivity contribution in [3.63, 3.8) is 0 Å². The zero-order valence-electron chi connectivity index (χ0n) is 11.7. The second-order valence-corrected chi connectivity index (χ2v) is 7.32. The summed E-state index contributed by atoms with van der Waals surface area (Å²) >= 11 is 0. The Morgan fingerprint density at radius 1 is 1.40 bits per heavy atom. The molecule has 1 fully saturated rings. The number of halogens is 1. The second kappa shape index (κ2) is 6.54. The summed E-state index contributed by atoms with van der Waals surface area (Å²) in [5.74, 6) is -0.351. The lowest BCUT2D eigenvalue weighted by Gasteiger charge is -2.25. The Kier molecular flexibility index (Phi) is 4.99.